The average molecular weight is 329 g/mol. The molecule has 7 nitrogen and oxygen atoms in total. The molecule has 1 aromatic heterocycles. The Kier molecular flexibility index (Phi) is 5.52. The van der Waals surface area contributed by atoms with Gasteiger partial charge in [-0.1, -0.05) is 12.1 Å². The second kappa shape index (κ2) is 7.19. The molecule has 0 aliphatic rings. The smallest absolute Gasteiger partial charge is 0.265 e. The van der Waals surface area contributed by atoms with E-state index in [0.717, 1.165) is 11.0 Å². The fourth-order valence-corrected chi connectivity index (χ4v) is 2.88. The summed E-state index contributed by atoms with van der Waals surface area (Å²) in [6.07, 6.45) is 1.89. The topological polar surface area (TPSA) is 81.6 Å². The number of hydrogen-bond donors (Lipinski definition) is 1. The van der Waals surface area contributed by atoms with Crippen LogP contribution in [0.2, 0.25) is 0 Å². The van der Waals surface area contributed by atoms with Crippen molar-refractivity contribution in [2.45, 2.75) is 25.8 Å². The molecule has 0 saturated carbocycles. The number of ether oxygens (including phenoxy) is 2. The zero-order valence-corrected chi connectivity index (χ0v) is 13.5. The van der Waals surface area contributed by atoms with Crippen molar-refractivity contribution in [1.29, 1.82) is 0 Å². The van der Waals surface area contributed by atoms with E-state index in [0.29, 0.717) is 19.5 Å². The van der Waals surface area contributed by atoms with E-state index in [9.17, 15) is 8.42 Å². The van der Waals surface area contributed by atoms with Crippen molar-refractivity contribution in [3.8, 4) is 0 Å². The number of methoxy groups -OCH3 is 2. The highest BCUT2D eigenvalue weighted by molar-refractivity contribution is 7.85. The van der Waals surface area contributed by atoms with Gasteiger partial charge >= 0.3 is 0 Å². The number of para-hydroxylation sites is 2. The van der Waals surface area contributed by atoms with Gasteiger partial charge in [0.05, 0.1) is 12.3 Å². The lowest BCUT2D eigenvalue weighted by Gasteiger charge is -2.10. The Bertz CT molecular complexity index is 722. The third-order valence-electron chi connectivity index (χ3n) is 3.45. The molecular formula is C14H21N2O5S+. The second-order valence-electron chi connectivity index (χ2n) is 4.99. The van der Waals surface area contributed by atoms with Crippen LogP contribution in [0.25, 0.3) is 11.0 Å². The summed E-state index contributed by atoms with van der Waals surface area (Å²) in [7, 11) is -0.761. The summed E-state index contributed by atoms with van der Waals surface area (Å²) in [5.41, 5.74) is 2.00. The molecular weight excluding hydrogens is 308 g/mol. The third kappa shape index (κ3) is 4.26. The molecule has 2 rings (SSSR count). The fraction of sp³-hybridized carbons (Fsp3) is 0.500. The first-order valence-corrected chi connectivity index (χ1v) is 8.53. The van der Waals surface area contributed by atoms with Crippen molar-refractivity contribution in [2.24, 2.45) is 0 Å². The Labute approximate surface area is 129 Å². The lowest BCUT2D eigenvalue weighted by molar-refractivity contribution is -0.686. The predicted molar refractivity (Wildman–Crippen MR) is 81.0 cm³/mol. The molecule has 1 N–H and O–H groups in total. The van der Waals surface area contributed by atoms with Gasteiger partial charge in [0.2, 0.25) is 6.33 Å². The first kappa shape index (κ1) is 16.9. The van der Waals surface area contributed by atoms with Gasteiger partial charge in [-0.25, -0.2) is 9.13 Å². The normalized spacial score (nSPS) is 12.4. The van der Waals surface area contributed by atoms with Gasteiger partial charge in [0, 0.05) is 20.6 Å². The maximum atomic E-state index is 10.8. The van der Waals surface area contributed by atoms with Gasteiger partial charge in [-0.15, -0.1) is 0 Å². The van der Waals surface area contributed by atoms with Crippen molar-refractivity contribution >= 4 is 21.2 Å². The monoisotopic (exact) mass is 329 g/mol. The van der Waals surface area contributed by atoms with Crippen LogP contribution < -0.4 is 4.57 Å². The largest absolute Gasteiger partial charge is 0.352 e. The number of imidazole rings is 1. The molecule has 8 heteroatoms. The Morgan fingerprint density at radius 3 is 2.59 bits per heavy atom. The molecule has 1 aromatic carbocycles. The van der Waals surface area contributed by atoms with Gasteiger partial charge < -0.3 is 9.47 Å². The van der Waals surface area contributed by atoms with E-state index < -0.39 is 10.1 Å². The van der Waals surface area contributed by atoms with Gasteiger partial charge in [0.25, 0.3) is 10.1 Å². The van der Waals surface area contributed by atoms with Crippen LogP contribution in [0.4, 0.5) is 0 Å². The molecule has 0 aliphatic carbocycles. The molecule has 0 spiro atoms. The molecule has 0 unspecified atom stereocenters. The highest BCUT2D eigenvalue weighted by atomic mass is 32.2. The predicted octanol–water partition coefficient (Wildman–Crippen LogP) is 0.826. The van der Waals surface area contributed by atoms with Crippen molar-refractivity contribution in [2.75, 3.05) is 20.0 Å². The van der Waals surface area contributed by atoms with Crippen LogP contribution in [0.15, 0.2) is 30.6 Å². The first-order chi connectivity index (χ1) is 10.4. The lowest BCUT2D eigenvalue weighted by atomic mass is 10.3. The Hall–Kier alpha value is -1.48. The van der Waals surface area contributed by atoms with Gasteiger partial charge in [0.1, 0.15) is 6.54 Å². The Morgan fingerprint density at radius 1 is 1.27 bits per heavy atom. The summed E-state index contributed by atoms with van der Waals surface area (Å²) in [4.78, 5) is 0. The van der Waals surface area contributed by atoms with Crippen LogP contribution >= 0.6 is 0 Å². The van der Waals surface area contributed by atoms with E-state index in [1.54, 1.807) is 14.2 Å². The lowest BCUT2D eigenvalue weighted by Crippen LogP contribution is -2.40. The molecule has 2 aromatic rings. The minimum Gasteiger partial charge on any atom is -0.352 e. The maximum Gasteiger partial charge on any atom is 0.265 e. The number of fused-ring (bicyclic) bond motifs is 1. The van der Waals surface area contributed by atoms with E-state index in [4.69, 9.17) is 14.0 Å². The molecule has 0 saturated heterocycles. The van der Waals surface area contributed by atoms with Crippen molar-refractivity contribution < 1.29 is 27.0 Å². The van der Waals surface area contributed by atoms with Crippen LogP contribution in [0, 0.1) is 0 Å². The van der Waals surface area contributed by atoms with Crippen molar-refractivity contribution in [3.05, 3.63) is 30.6 Å². The number of benzene rings is 1. The van der Waals surface area contributed by atoms with Crippen LogP contribution in [0.5, 0.6) is 0 Å². The quantitative estimate of drug-likeness (QED) is 0.441. The minimum atomic E-state index is -3.93. The van der Waals surface area contributed by atoms with Crippen molar-refractivity contribution in [3.63, 3.8) is 0 Å². The number of rotatable bonds is 8. The molecule has 122 valence electrons. The van der Waals surface area contributed by atoms with Gasteiger partial charge in [0.15, 0.2) is 17.3 Å². The van der Waals surface area contributed by atoms with Crippen LogP contribution in [-0.4, -0.2) is 43.8 Å². The zero-order valence-electron chi connectivity index (χ0n) is 12.7. The summed E-state index contributed by atoms with van der Waals surface area (Å²) in [5.74, 6) is -0.252. The van der Waals surface area contributed by atoms with E-state index in [1.807, 2.05) is 39.7 Å². The summed E-state index contributed by atoms with van der Waals surface area (Å²) in [6.45, 7) is 1.02. The number of nitrogens with zero attached hydrogens (tertiary/aromatic N) is 2. The van der Waals surface area contributed by atoms with E-state index >= 15 is 0 Å². The SMILES string of the molecule is COC(C[n+]1cn(CCCS(=O)(=O)O)c2ccccc21)OC. The third-order valence-corrected chi connectivity index (χ3v) is 4.26. The molecule has 22 heavy (non-hydrogen) atoms. The van der Waals surface area contributed by atoms with E-state index in [1.165, 1.54) is 0 Å². The molecule has 0 radical (unpaired) electrons. The first-order valence-electron chi connectivity index (χ1n) is 6.92. The fourth-order valence-electron chi connectivity index (χ4n) is 2.39. The van der Waals surface area contributed by atoms with Gasteiger partial charge in [-0.05, 0) is 12.1 Å². The summed E-state index contributed by atoms with van der Waals surface area (Å²) >= 11 is 0. The van der Waals surface area contributed by atoms with Crippen LogP contribution in [0.3, 0.4) is 0 Å². The number of aryl methyl sites for hydroxylation is 1. The number of aromatic nitrogens is 2. The summed E-state index contributed by atoms with van der Waals surface area (Å²) < 4.78 is 44.9. The summed E-state index contributed by atoms with van der Waals surface area (Å²) in [5, 5.41) is 0. The molecule has 1 heterocycles. The van der Waals surface area contributed by atoms with Gasteiger partial charge in [-0.2, -0.15) is 8.42 Å². The maximum absolute atomic E-state index is 10.8. The molecule has 0 amide bonds. The van der Waals surface area contributed by atoms with Crippen LogP contribution in [0.1, 0.15) is 6.42 Å². The van der Waals surface area contributed by atoms with Crippen LogP contribution in [-0.2, 0) is 32.7 Å². The van der Waals surface area contributed by atoms with Gasteiger partial charge in [-0.3, -0.25) is 4.55 Å². The molecule has 0 atom stereocenters. The highest BCUT2D eigenvalue weighted by Gasteiger charge is 2.19. The number of hydrogen-bond acceptors (Lipinski definition) is 4. The average Bonchev–Trinajstić information content (AvgIpc) is 2.82. The molecule has 0 aliphatic heterocycles. The van der Waals surface area contributed by atoms with E-state index in [-0.39, 0.29) is 12.0 Å². The highest BCUT2D eigenvalue weighted by Crippen LogP contribution is 2.12. The van der Waals surface area contributed by atoms with E-state index in [2.05, 4.69) is 0 Å². The molecule has 0 fully saturated rings. The summed E-state index contributed by atoms with van der Waals surface area (Å²) in [6, 6.07) is 7.82. The molecule has 0 bridgehead atoms. The van der Waals surface area contributed by atoms with Crippen molar-refractivity contribution in [1.82, 2.24) is 4.57 Å². The Morgan fingerprint density at radius 2 is 1.95 bits per heavy atom. The standard InChI is InChI=1S/C14H20N2O5S/c1-20-14(21-2)10-16-11-15(8-5-9-22(17,18)19)12-6-3-4-7-13(12)16/h3-4,6-7,11,14H,5,8-10H2,1-2H3/p+1. The zero-order chi connectivity index (χ0) is 16.2. The Balaban J connectivity index is 2.23. The second-order valence-corrected chi connectivity index (χ2v) is 6.56. The minimum absolute atomic E-state index is 0.252.